The summed E-state index contributed by atoms with van der Waals surface area (Å²) >= 11 is 0. The van der Waals surface area contributed by atoms with Crippen molar-refractivity contribution in [2.24, 2.45) is 0 Å². The molecule has 15 heavy (non-hydrogen) atoms. The minimum absolute atomic E-state index is 0.327. The van der Waals surface area contributed by atoms with Crippen molar-refractivity contribution in [1.29, 1.82) is 0 Å². The molecule has 0 atom stereocenters. The number of rotatable bonds is 2. The van der Waals surface area contributed by atoms with Crippen LogP contribution in [-0.4, -0.2) is 12.1 Å². The number of hydrogen-bond donors (Lipinski definition) is 0. The summed E-state index contributed by atoms with van der Waals surface area (Å²) in [4.78, 5) is 3.99. The molecule has 0 bridgehead atoms. The number of ether oxygens (including phenoxy) is 1. The summed E-state index contributed by atoms with van der Waals surface area (Å²) in [5, 5.41) is 0. The molecule has 1 aromatic carbocycles. The number of nitrogens with zero attached hydrogens (tertiary/aromatic N) is 1. The maximum atomic E-state index is 12.6. The van der Waals surface area contributed by atoms with Crippen molar-refractivity contribution in [1.82, 2.24) is 4.98 Å². The molecule has 1 aromatic heterocycles. The molecule has 0 aliphatic carbocycles. The van der Waals surface area contributed by atoms with Crippen LogP contribution >= 0.6 is 0 Å². The standard InChI is InChI=1S/C12H10FNO/c1-15-11-5-2-9(3-6-11)12-7-4-10(13)8-14-12/h2-8H,1H3. The Morgan fingerprint density at radius 1 is 1.07 bits per heavy atom. The van der Waals surface area contributed by atoms with Crippen molar-refractivity contribution < 1.29 is 9.13 Å². The van der Waals surface area contributed by atoms with Gasteiger partial charge in [0.25, 0.3) is 0 Å². The van der Waals surface area contributed by atoms with E-state index in [1.807, 2.05) is 24.3 Å². The van der Waals surface area contributed by atoms with E-state index in [9.17, 15) is 4.39 Å². The maximum Gasteiger partial charge on any atom is 0.141 e. The van der Waals surface area contributed by atoms with Crippen LogP contribution in [0.15, 0.2) is 42.6 Å². The van der Waals surface area contributed by atoms with Gasteiger partial charge < -0.3 is 4.74 Å². The van der Waals surface area contributed by atoms with Gasteiger partial charge in [-0.25, -0.2) is 4.39 Å². The topological polar surface area (TPSA) is 22.1 Å². The number of aromatic nitrogens is 1. The normalized spacial score (nSPS) is 10.0. The predicted octanol–water partition coefficient (Wildman–Crippen LogP) is 2.90. The average molecular weight is 203 g/mol. The van der Waals surface area contributed by atoms with E-state index in [1.165, 1.54) is 12.3 Å². The average Bonchev–Trinajstić information content (AvgIpc) is 2.30. The van der Waals surface area contributed by atoms with Crippen molar-refractivity contribution in [3.8, 4) is 17.0 Å². The van der Waals surface area contributed by atoms with E-state index in [1.54, 1.807) is 13.2 Å². The zero-order valence-electron chi connectivity index (χ0n) is 8.27. The summed E-state index contributed by atoms with van der Waals surface area (Å²) < 4.78 is 17.7. The lowest BCUT2D eigenvalue weighted by Gasteiger charge is -2.02. The highest BCUT2D eigenvalue weighted by atomic mass is 19.1. The smallest absolute Gasteiger partial charge is 0.141 e. The molecule has 2 aromatic rings. The SMILES string of the molecule is COc1ccc(-c2ccc(F)cn2)cc1. The van der Waals surface area contributed by atoms with E-state index in [4.69, 9.17) is 4.74 Å². The van der Waals surface area contributed by atoms with Crippen molar-refractivity contribution in [2.75, 3.05) is 7.11 Å². The van der Waals surface area contributed by atoms with Crippen LogP contribution in [0.2, 0.25) is 0 Å². The number of halogens is 1. The van der Waals surface area contributed by atoms with Gasteiger partial charge in [0.2, 0.25) is 0 Å². The maximum absolute atomic E-state index is 12.6. The largest absolute Gasteiger partial charge is 0.497 e. The van der Waals surface area contributed by atoms with Crippen LogP contribution in [0.1, 0.15) is 0 Å². The second-order valence-corrected chi connectivity index (χ2v) is 3.09. The predicted molar refractivity (Wildman–Crippen MR) is 56.2 cm³/mol. The van der Waals surface area contributed by atoms with Gasteiger partial charge in [-0.3, -0.25) is 4.98 Å². The third kappa shape index (κ3) is 2.13. The summed E-state index contributed by atoms with van der Waals surface area (Å²) in [5.74, 6) is 0.466. The van der Waals surface area contributed by atoms with Crippen LogP contribution in [0.25, 0.3) is 11.3 Å². The molecule has 0 aliphatic heterocycles. The van der Waals surface area contributed by atoms with E-state index in [-0.39, 0.29) is 5.82 Å². The Kier molecular flexibility index (Phi) is 2.63. The van der Waals surface area contributed by atoms with Gasteiger partial charge in [-0.05, 0) is 36.4 Å². The van der Waals surface area contributed by atoms with E-state index >= 15 is 0 Å². The molecule has 0 N–H and O–H groups in total. The molecule has 76 valence electrons. The summed E-state index contributed by atoms with van der Waals surface area (Å²) in [6.07, 6.45) is 1.21. The van der Waals surface area contributed by atoms with E-state index < -0.39 is 0 Å². The molecule has 0 aliphatic rings. The molecule has 0 saturated carbocycles. The highest BCUT2D eigenvalue weighted by molar-refractivity contribution is 5.59. The van der Waals surface area contributed by atoms with Crippen LogP contribution in [0.4, 0.5) is 4.39 Å². The molecular formula is C12H10FNO. The lowest BCUT2D eigenvalue weighted by molar-refractivity contribution is 0.415. The zero-order valence-corrected chi connectivity index (χ0v) is 8.27. The van der Waals surface area contributed by atoms with Crippen molar-refractivity contribution >= 4 is 0 Å². The first-order chi connectivity index (χ1) is 7.29. The van der Waals surface area contributed by atoms with E-state index in [0.29, 0.717) is 0 Å². The van der Waals surface area contributed by atoms with Crippen LogP contribution in [-0.2, 0) is 0 Å². The fraction of sp³-hybridized carbons (Fsp3) is 0.0833. The fourth-order valence-electron chi connectivity index (χ4n) is 1.31. The Balaban J connectivity index is 2.33. The molecule has 0 amide bonds. The monoisotopic (exact) mass is 203 g/mol. The van der Waals surface area contributed by atoms with Crippen molar-refractivity contribution in [2.45, 2.75) is 0 Å². The fourth-order valence-corrected chi connectivity index (χ4v) is 1.31. The first-order valence-electron chi connectivity index (χ1n) is 4.55. The minimum atomic E-state index is -0.327. The van der Waals surface area contributed by atoms with Crippen LogP contribution in [0, 0.1) is 5.82 Å². The zero-order chi connectivity index (χ0) is 10.7. The Hall–Kier alpha value is -1.90. The van der Waals surface area contributed by atoms with Gasteiger partial charge >= 0.3 is 0 Å². The Morgan fingerprint density at radius 3 is 2.33 bits per heavy atom. The second kappa shape index (κ2) is 4.09. The van der Waals surface area contributed by atoms with Gasteiger partial charge in [0.15, 0.2) is 0 Å². The van der Waals surface area contributed by atoms with Gasteiger partial charge in [-0.15, -0.1) is 0 Å². The number of methoxy groups -OCH3 is 1. The lowest BCUT2D eigenvalue weighted by Crippen LogP contribution is -1.85. The van der Waals surface area contributed by atoms with Crippen LogP contribution in [0.3, 0.4) is 0 Å². The molecule has 0 radical (unpaired) electrons. The van der Waals surface area contributed by atoms with Gasteiger partial charge in [0, 0.05) is 5.56 Å². The van der Waals surface area contributed by atoms with Crippen LogP contribution < -0.4 is 4.74 Å². The molecule has 0 fully saturated rings. The second-order valence-electron chi connectivity index (χ2n) is 3.09. The van der Waals surface area contributed by atoms with Gasteiger partial charge in [0.05, 0.1) is 19.0 Å². The number of hydrogen-bond acceptors (Lipinski definition) is 2. The van der Waals surface area contributed by atoms with E-state index in [0.717, 1.165) is 17.0 Å². The van der Waals surface area contributed by atoms with Crippen molar-refractivity contribution in [3.05, 3.63) is 48.4 Å². The van der Waals surface area contributed by atoms with Crippen molar-refractivity contribution in [3.63, 3.8) is 0 Å². The summed E-state index contributed by atoms with van der Waals surface area (Å²) in [5.41, 5.74) is 1.69. The molecule has 3 heteroatoms. The van der Waals surface area contributed by atoms with Gasteiger partial charge in [0.1, 0.15) is 11.6 Å². The molecule has 0 unspecified atom stereocenters. The number of benzene rings is 1. The van der Waals surface area contributed by atoms with Gasteiger partial charge in [-0.1, -0.05) is 0 Å². The molecule has 1 heterocycles. The summed E-state index contributed by atoms with van der Waals surface area (Å²) in [6.45, 7) is 0. The third-order valence-corrected chi connectivity index (χ3v) is 2.11. The highest BCUT2D eigenvalue weighted by Gasteiger charge is 1.99. The highest BCUT2D eigenvalue weighted by Crippen LogP contribution is 2.20. The van der Waals surface area contributed by atoms with E-state index in [2.05, 4.69) is 4.98 Å². The summed E-state index contributed by atoms with van der Waals surface area (Å²) in [7, 11) is 1.62. The lowest BCUT2D eigenvalue weighted by atomic mass is 10.1. The summed E-state index contributed by atoms with van der Waals surface area (Å²) in [6, 6.07) is 10.5. The first kappa shape index (κ1) is 9.65. The Bertz CT molecular complexity index is 436. The third-order valence-electron chi connectivity index (χ3n) is 2.11. The molecule has 2 rings (SSSR count). The first-order valence-corrected chi connectivity index (χ1v) is 4.55. The molecule has 0 saturated heterocycles. The van der Waals surface area contributed by atoms with Crippen LogP contribution in [0.5, 0.6) is 5.75 Å². The number of pyridine rings is 1. The van der Waals surface area contributed by atoms with Gasteiger partial charge in [-0.2, -0.15) is 0 Å². The Labute approximate surface area is 87.4 Å². The quantitative estimate of drug-likeness (QED) is 0.748. The molecule has 2 nitrogen and oxygen atoms in total. The Morgan fingerprint density at radius 2 is 1.80 bits per heavy atom. The molecular weight excluding hydrogens is 193 g/mol. The molecule has 0 spiro atoms. The minimum Gasteiger partial charge on any atom is -0.497 e.